The molecule has 0 spiro atoms. The van der Waals surface area contributed by atoms with Gasteiger partial charge in [-0.25, -0.2) is 0 Å². The largest absolute Gasteiger partial charge is 0.492 e. The quantitative estimate of drug-likeness (QED) is 0.577. The van der Waals surface area contributed by atoms with Gasteiger partial charge in [-0.2, -0.15) is 0 Å². The summed E-state index contributed by atoms with van der Waals surface area (Å²) in [5, 5.41) is 0.681. The second kappa shape index (κ2) is 11.1. The van der Waals surface area contributed by atoms with Crippen LogP contribution in [0.15, 0.2) is 54.6 Å². The molecule has 1 aliphatic heterocycles. The minimum Gasteiger partial charge on any atom is -0.492 e. The molecule has 1 fully saturated rings. The Morgan fingerprint density at radius 1 is 0.964 bits per heavy atom. The predicted molar refractivity (Wildman–Crippen MR) is 112 cm³/mol. The first-order valence-corrected chi connectivity index (χ1v) is 10.4. The highest BCUT2D eigenvalue weighted by Crippen LogP contribution is 2.19. The number of likely N-dealkylation sites (tertiary alicyclic amines) is 1. The molecular formula is C23H28ClNO3. The zero-order chi connectivity index (χ0) is 19.6. The van der Waals surface area contributed by atoms with E-state index >= 15 is 0 Å². The van der Waals surface area contributed by atoms with Crippen LogP contribution in [0.5, 0.6) is 5.75 Å². The minimum atomic E-state index is -0.183. The lowest BCUT2D eigenvalue weighted by molar-refractivity contribution is -0.146. The number of hydrogen-bond acceptors (Lipinski definition) is 4. The summed E-state index contributed by atoms with van der Waals surface area (Å²) in [4.78, 5) is 14.9. The molecule has 0 radical (unpaired) electrons. The Kier molecular flexibility index (Phi) is 8.19. The molecule has 1 unspecified atom stereocenters. The molecule has 1 heterocycles. The fourth-order valence-corrected chi connectivity index (χ4v) is 3.59. The number of nitrogens with zero attached hydrogens (tertiary/aromatic N) is 1. The van der Waals surface area contributed by atoms with E-state index < -0.39 is 0 Å². The number of halogens is 1. The summed E-state index contributed by atoms with van der Waals surface area (Å²) in [5.74, 6) is 0.583. The first kappa shape index (κ1) is 20.7. The van der Waals surface area contributed by atoms with E-state index in [1.807, 2.05) is 54.6 Å². The van der Waals surface area contributed by atoms with Crippen molar-refractivity contribution in [1.29, 1.82) is 0 Å². The maximum absolute atomic E-state index is 12.5. The van der Waals surface area contributed by atoms with Crippen LogP contribution >= 0.6 is 11.6 Å². The van der Waals surface area contributed by atoms with Crippen molar-refractivity contribution in [3.63, 3.8) is 0 Å². The lowest BCUT2D eigenvalue weighted by atomic mass is 10.1. The topological polar surface area (TPSA) is 38.8 Å². The van der Waals surface area contributed by atoms with E-state index in [1.54, 1.807) is 0 Å². The Morgan fingerprint density at radius 2 is 1.64 bits per heavy atom. The lowest BCUT2D eigenvalue weighted by Gasteiger charge is -2.30. The molecule has 5 heteroatoms. The van der Waals surface area contributed by atoms with Gasteiger partial charge in [0.05, 0.1) is 12.5 Å². The van der Waals surface area contributed by atoms with Crippen LogP contribution in [0, 0.1) is 0 Å². The van der Waals surface area contributed by atoms with E-state index in [9.17, 15) is 4.79 Å². The van der Waals surface area contributed by atoms with Crippen molar-refractivity contribution in [2.24, 2.45) is 0 Å². The van der Waals surface area contributed by atoms with Crippen LogP contribution in [0.2, 0.25) is 5.02 Å². The highest BCUT2D eigenvalue weighted by Gasteiger charge is 2.24. The van der Waals surface area contributed by atoms with Gasteiger partial charge in [0.1, 0.15) is 19.0 Å². The van der Waals surface area contributed by atoms with E-state index in [0.717, 1.165) is 37.2 Å². The fraction of sp³-hybridized carbons (Fsp3) is 0.435. The van der Waals surface area contributed by atoms with Crippen molar-refractivity contribution >= 4 is 17.6 Å². The van der Waals surface area contributed by atoms with Crippen LogP contribution in [-0.4, -0.2) is 36.6 Å². The van der Waals surface area contributed by atoms with Gasteiger partial charge in [0, 0.05) is 5.02 Å². The SMILES string of the molecule is O=C(CC(COc1ccc(Cl)cc1)N1CCCCCC1)OCc1ccccc1. The highest BCUT2D eigenvalue weighted by atomic mass is 35.5. The summed E-state index contributed by atoms with van der Waals surface area (Å²) in [6.07, 6.45) is 5.16. The zero-order valence-corrected chi connectivity index (χ0v) is 16.9. The van der Waals surface area contributed by atoms with Crippen LogP contribution in [0.3, 0.4) is 0 Å². The van der Waals surface area contributed by atoms with Crippen LogP contribution < -0.4 is 4.74 Å². The third-order valence-corrected chi connectivity index (χ3v) is 5.31. The first-order chi connectivity index (χ1) is 13.7. The maximum atomic E-state index is 12.5. The molecule has 1 atom stereocenters. The van der Waals surface area contributed by atoms with Gasteiger partial charge in [-0.15, -0.1) is 0 Å². The van der Waals surface area contributed by atoms with Crippen molar-refractivity contribution < 1.29 is 14.3 Å². The van der Waals surface area contributed by atoms with Crippen molar-refractivity contribution in [2.45, 2.75) is 44.8 Å². The minimum absolute atomic E-state index is 0.0112. The summed E-state index contributed by atoms with van der Waals surface area (Å²) in [6.45, 7) is 2.77. The number of esters is 1. The second-order valence-electron chi connectivity index (χ2n) is 7.22. The lowest BCUT2D eigenvalue weighted by Crippen LogP contribution is -2.42. The second-order valence-corrected chi connectivity index (χ2v) is 7.66. The van der Waals surface area contributed by atoms with Gasteiger partial charge < -0.3 is 9.47 Å². The normalized spacial score (nSPS) is 16.2. The van der Waals surface area contributed by atoms with Crippen molar-refractivity contribution in [3.8, 4) is 5.75 Å². The van der Waals surface area contributed by atoms with Gasteiger partial charge in [-0.05, 0) is 55.8 Å². The van der Waals surface area contributed by atoms with E-state index in [-0.39, 0.29) is 12.0 Å². The molecule has 0 N–H and O–H groups in total. The van der Waals surface area contributed by atoms with E-state index in [0.29, 0.717) is 24.7 Å². The number of benzene rings is 2. The summed E-state index contributed by atoms with van der Waals surface area (Å²) in [6, 6.07) is 17.1. The smallest absolute Gasteiger partial charge is 0.307 e. The average Bonchev–Trinajstić information content (AvgIpc) is 3.01. The molecule has 0 aromatic heterocycles. The molecular weight excluding hydrogens is 374 g/mol. The van der Waals surface area contributed by atoms with Gasteiger partial charge in [0.2, 0.25) is 0 Å². The Labute approximate surface area is 172 Å². The maximum Gasteiger partial charge on any atom is 0.307 e. The number of hydrogen-bond donors (Lipinski definition) is 0. The molecule has 150 valence electrons. The molecule has 1 aliphatic rings. The van der Waals surface area contributed by atoms with Gasteiger partial charge in [0.25, 0.3) is 0 Å². The van der Waals surface area contributed by atoms with Crippen molar-refractivity contribution in [1.82, 2.24) is 4.90 Å². The Morgan fingerprint density at radius 3 is 2.32 bits per heavy atom. The number of carbonyl (C=O) groups excluding carboxylic acids is 1. The molecule has 1 saturated heterocycles. The Bertz CT molecular complexity index is 712. The Balaban J connectivity index is 1.57. The molecule has 0 amide bonds. The van der Waals surface area contributed by atoms with Crippen molar-refractivity contribution in [2.75, 3.05) is 19.7 Å². The number of carbonyl (C=O) groups is 1. The average molecular weight is 402 g/mol. The molecule has 2 aromatic rings. The first-order valence-electron chi connectivity index (χ1n) is 10.0. The van der Waals surface area contributed by atoms with Gasteiger partial charge in [-0.1, -0.05) is 54.8 Å². The number of ether oxygens (including phenoxy) is 2. The number of rotatable bonds is 8. The van der Waals surface area contributed by atoms with Crippen LogP contribution in [0.1, 0.15) is 37.7 Å². The summed E-state index contributed by atoms with van der Waals surface area (Å²) in [7, 11) is 0. The van der Waals surface area contributed by atoms with Crippen LogP contribution in [0.4, 0.5) is 0 Å². The molecule has 3 rings (SSSR count). The zero-order valence-electron chi connectivity index (χ0n) is 16.2. The summed E-state index contributed by atoms with van der Waals surface area (Å²) in [5.41, 5.74) is 1.000. The van der Waals surface area contributed by atoms with Crippen molar-refractivity contribution in [3.05, 3.63) is 65.2 Å². The van der Waals surface area contributed by atoms with E-state index in [2.05, 4.69) is 4.90 Å². The molecule has 0 saturated carbocycles. The Hall–Kier alpha value is -2.04. The summed E-state index contributed by atoms with van der Waals surface area (Å²) >= 11 is 5.94. The fourth-order valence-electron chi connectivity index (χ4n) is 3.47. The molecule has 4 nitrogen and oxygen atoms in total. The van der Waals surface area contributed by atoms with Crippen LogP contribution in [0.25, 0.3) is 0 Å². The third kappa shape index (κ3) is 6.84. The monoisotopic (exact) mass is 401 g/mol. The van der Waals surface area contributed by atoms with Crippen LogP contribution in [-0.2, 0) is 16.1 Å². The van der Waals surface area contributed by atoms with Gasteiger partial charge in [-0.3, -0.25) is 9.69 Å². The molecule has 0 bridgehead atoms. The molecule has 0 aliphatic carbocycles. The third-order valence-electron chi connectivity index (χ3n) is 5.06. The predicted octanol–water partition coefficient (Wildman–Crippen LogP) is 5.10. The summed E-state index contributed by atoms with van der Waals surface area (Å²) < 4.78 is 11.5. The van der Waals surface area contributed by atoms with E-state index in [4.69, 9.17) is 21.1 Å². The van der Waals surface area contributed by atoms with Gasteiger partial charge >= 0.3 is 5.97 Å². The standard InChI is InChI=1S/C23H28ClNO3/c24-20-10-12-22(13-11-20)27-18-21(25-14-6-1-2-7-15-25)16-23(26)28-17-19-8-4-3-5-9-19/h3-5,8-13,21H,1-2,6-7,14-18H2. The molecule has 28 heavy (non-hydrogen) atoms. The van der Waals surface area contributed by atoms with E-state index in [1.165, 1.54) is 12.8 Å². The van der Waals surface area contributed by atoms with Gasteiger partial charge in [0.15, 0.2) is 0 Å². The molecule has 2 aromatic carbocycles. The highest BCUT2D eigenvalue weighted by molar-refractivity contribution is 6.30.